The Labute approximate surface area is 197 Å². The van der Waals surface area contributed by atoms with Gasteiger partial charge in [-0.1, -0.05) is 36.4 Å². The van der Waals surface area contributed by atoms with Crippen molar-refractivity contribution in [2.75, 3.05) is 13.2 Å². The van der Waals surface area contributed by atoms with Crippen LogP contribution in [0.3, 0.4) is 0 Å². The standard InChI is InChI=1S/C27H27FN2O4/c28-19-7-4-17(5-8-19)20-9-3-16(12-24(20)31)14-29-15-23-22-13-18(25-2-1-11-34-25)6-10-21(22)26(32)30-27(23)33/h2-5,7,9-10,12-13,18-19,23,29,31H,1,6,8,11,14-15H2,(H,30,32,33). The molecule has 0 saturated carbocycles. The summed E-state index contributed by atoms with van der Waals surface area (Å²) in [7, 11) is 0. The van der Waals surface area contributed by atoms with Crippen LogP contribution in [-0.4, -0.2) is 36.2 Å². The number of ether oxygens (including phenoxy) is 1. The van der Waals surface area contributed by atoms with Gasteiger partial charge < -0.3 is 15.2 Å². The minimum Gasteiger partial charge on any atom is -0.507 e. The average Bonchev–Trinajstić information content (AvgIpc) is 3.37. The van der Waals surface area contributed by atoms with Gasteiger partial charge in [0, 0.05) is 43.0 Å². The molecule has 0 radical (unpaired) electrons. The summed E-state index contributed by atoms with van der Waals surface area (Å²) in [5.74, 6) is -0.0772. The molecule has 176 valence electrons. The van der Waals surface area contributed by atoms with Crippen molar-refractivity contribution in [1.29, 1.82) is 0 Å². The van der Waals surface area contributed by atoms with Crippen LogP contribution in [0.1, 0.15) is 30.4 Å². The number of hydrogen-bond donors (Lipinski definition) is 3. The summed E-state index contributed by atoms with van der Waals surface area (Å²) in [4.78, 5) is 25.0. The molecule has 7 heteroatoms. The number of amides is 2. The molecule has 1 fully saturated rings. The fraction of sp³-hybridized carbons (Fsp3) is 0.333. The molecule has 5 rings (SSSR count). The highest BCUT2D eigenvalue weighted by molar-refractivity contribution is 6.13. The number of imide groups is 1. The van der Waals surface area contributed by atoms with Crippen LogP contribution in [-0.2, 0) is 20.9 Å². The van der Waals surface area contributed by atoms with Gasteiger partial charge in [-0.15, -0.1) is 0 Å². The summed E-state index contributed by atoms with van der Waals surface area (Å²) >= 11 is 0. The number of fused-ring (bicyclic) bond motifs is 1. The first-order valence-corrected chi connectivity index (χ1v) is 11.7. The fourth-order valence-electron chi connectivity index (χ4n) is 4.85. The lowest BCUT2D eigenvalue weighted by Gasteiger charge is -2.31. The van der Waals surface area contributed by atoms with Crippen molar-refractivity contribution in [3.05, 3.63) is 82.7 Å². The van der Waals surface area contributed by atoms with Gasteiger partial charge in [0.15, 0.2) is 0 Å². The summed E-state index contributed by atoms with van der Waals surface area (Å²) in [6.45, 7) is 1.46. The Bertz CT molecular complexity index is 1180. The maximum Gasteiger partial charge on any atom is 0.257 e. The quantitative estimate of drug-likeness (QED) is 0.562. The lowest BCUT2D eigenvalue weighted by atomic mass is 9.79. The topological polar surface area (TPSA) is 87.7 Å². The van der Waals surface area contributed by atoms with Crippen molar-refractivity contribution in [1.82, 2.24) is 10.6 Å². The second kappa shape index (κ2) is 9.43. The van der Waals surface area contributed by atoms with E-state index >= 15 is 0 Å². The number of phenolic OH excluding ortho intramolecular Hbond substituents is 1. The Kier molecular flexibility index (Phi) is 6.20. The largest absolute Gasteiger partial charge is 0.507 e. The number of alkyl halides is 1. The van der Waals surface area contributed by atoms with Gasteiger partial charge >= 0.3 is 0 Å². The maximum atomic E-state index is 13.3. The number of rotatable bonds is 6. The number of aromatic hydroxyl groups is 1. The van der Waals surface area contributed by atoms with E-state index in [2.05, 4.69) is 16.7 Å². The summed E-state index contributed by atoms with van der Waals surface area (Å²) in [5, 5.41) is 16.2. The first-order chi connectivity index (χ1) is 16.5. The second-order valence-corrected chi connectivity index (χ2v) is 8.95. The molecule has 2 amide bonds. The predicted molar refractivity (Wildman–Crippen MR) is 126 cm³/mol. The van der Waals surface area contributed by atoms with Gasteiger partial charge in [-0.05, 0) is 41.3 Å². The van der Waals surface area contributed by atoms with Crippen LogP contribution in [0.4, 0.5) is 4.39 Å². The molecule has 4 aliphatic rings. The summed E-state index contributed by atoms with van der Waals surface area (Å²) < 4.78 is 19.0. The first kappa shape index (κ1) is 22.3. The third-order valence-electron chi connectivity index (χ3n) is 6.64. The number of nitrogens with one attached hydrogen (secondary N) is 2. The van der Waals surface area contributed by atoms with Gasteiger partial charge in [0.1, 0.15) is 11.9 Å². The van der Waals surface area contributed by atoms with Crippen LogP contribution < -0.4 is 10.6 Å². The number of benzene rings is 1. The third kappa shape index (κ3) is 4.48. The van der Waals surface area contributed by atoms with Crippen LogP contribution in [0.15, 0.2) is 71.6 Å². The Morgan fingerprint density at radius 2 is 2.06 bits per heavy atom. The first-order valence-electron chi connectivity index (χ1n) is 11.7. The smallest absolute Gasteiger partial charge is 0.257 e. The lowest BCUT2D eigenvalue weighted by Crippen LogP contribution is -2.47. The molecule has 3 N–H and O–H groups in total. The number of phenols is 1. The fourth-order valence-corrected chi connectivity index (χ4v) is 4.85. The Morgan fingerprint density at radius 1 is 1.18 bits per heavy atom. The number of halogens is 1. The SMILES string of the molecule is O=C1NC(=O)C(CNCc2ccc(C3=CCC(F)C=C3)c(O)c2)C2=CC(C3=CCCO3)CC=C12. The number of carbonyl (C=O) groups is 2. The van der Waals surface area contributed by atoms with E-state index in [1.54, 1.807) is 18.2 Å². The zero-order chi connectivity index (χ0) is 23.7. The molecule has 0 aromatic heterocycles. The third-order valence-corrected chi connectivity index (χ3v) is 6.64. The molecule has 34 heavy (non-hydrogen) atoms. The van der Waals surface area contributed by atoms with E-state index < -0.39 is 12.1 Å². The van der Waals surface area contributed by atoms with Gasteiger partial charge in [-0.3, -0.25) is 14.9 Å². The Hall–Kier alpha value is -3.45. The van der Waals surface area contributed by atoms with Crippen molar-refractivity contribution in [2.24, 2.45) is 11.8 Å². The number of hydrogen-bond acceptors (Lipinski definition) is 5. The van der Waals surface area contributed by atoms with E-state index in [9.17, 15) is 19.1 Å². The highest BCUT2D eigenvalue weighted by atomic mass is 19.1. The van der Waals surface area contributed by atoms with E-state index in [0.717, 1.165) is 28.9 Å². The molecule has 2 heterocycles. The van der Waals surface area contributed by atoms with Gasteiger partial charge in [0.25, 0.3) is 5.91 Å². The molecule has 1 aromatic rings. The molecular formula is C27H27FN2O4. The molecule has 0 spiro atoms. The predicted octanol–water partition coefficient (Wildman–Crippen LogP) is 3.61. The zero-order valence-electron chi connectivity index (χ0n) is 18.7. The van der Waals surface area contributed by atoms with E-state index in [1.165, 1.54) is 6.08 Å². The minimum absolute atomic E-state index is 0.0442. The number of allylic oxidation sites excluding steroid dienone is 6. The number of carbonyl (C=O) groups excluding carboxylic acids is 2. The molecule has 2 aliphatic heterocycles. The molecule has 3 unspecified atom stereocenters. The van der Waals surface area contributed by atoms with E-state index in [0.29, 0.717) is 43.7 Å². The van der Waals surface area contributed by atoms with E-state index in [-0.39, 0.29) is 23.5 Å². The van der Waals surface area contributed by atoms with Crippen LogP contribution in [0.5, 0.6) is 5.75 Å². The highest BCUT2D eigenvalue weighted by Crippen LogP contribution is 2.36. The molecule has 1 saturated heterocycles. The Balaban J connectivity index is 1.26. The van der Waals surface area contributed by atoms with Gasteiger partial charge in [0.05, 0.1) is 18.3 Å². The average molecular weight is 463 g/mol. The molecule has 0 bridgehead atoms. The summed E-state index contributed by atoms with van der Waals surface area (Å²) in [6.07, 6.45) is 11.8. The zero-order valence-corrected chi connectivity index (χ0v) is 18.7. The van der Waals surface area contributed by atoms with Crippen LogP contribution in [0, 0.1) is 11.8 Å². The van der Waals surface area contributed by atoms with Crippen molar-refractivity contribution >= 4 is 17.4 Å². The normalized spacial score (nSPS) is 26.1. The van der Waals surface area contributed by atoms with E-state index in [1.807, 2.05) is 24.3 Å². The monoisotopic (exact) mass is 462 g/mol. The number of piperidine rings is 1. The molecule has 1 aromatic carbocycles. The summed E-state index contributed by atoms with van der Waals surface area (Å²) in [5.41, 5.74) is 3.62. The molecular weight excluding hydrogens is 435 g/mol. The Morgan fingerprint density at radius 3 is 2.79 bits per heavy atom. The van der Waals surface area contributed by atoms with Crippen molar-refractivity contribution in [2.45, 2.75) is 32.0 Å². The maximum absolute atomic E-state index is 13.3. The molecule has 2 aliphatic carbocycles. The van der Waals surface area contributed by atoms with Crippen LogP contribution >= 0.6 is 0 Å². The van der Waals surface area contributed by atoms with Gasteiger partial charge in [-0.25, -0.2) is 4.39 Å². The lowest BCUT2D eigenvalue weighted by molar-refractivity contribution is -0.131. The van der Waals surface area contributed by atoms with Gasteiger partial charge in [-0.2, -0.15) is 0 Å². The van der Waals surface area contributed by atoms with Crippen molar-refractivity contribution in [3.63, 3.8) is 0 Å². The van der Waals surface area contributed by atoms with E-state index in [4.69, 9.17) is 4.74 Å². The van der Waals surface area contributed by atoms with Crippen LogP contribution in [0.2, 0.25) is 0 Å². The highest BCUT2D eigenvalue weighted by Gasteiger charge is 2.37. The van der Waals surface area contributed by atoms with Crippen molar-refractivity contribution < 1.29 is 23.8 Å². The van der Waals surface area contributed by atoms with Gasteiger partial charge in [0.2, 0.25) is 5.91 Å². The second-order valence-electron chi connectivity index (χ2n) is 8.95. The van der Waals surface area contributed by atoms with Crippen molar-refractivity contribution in [3.8, 4) is 5.75 Å². The van der Waals surface area contributed by atoms with Crippen LogP contribution in [0.25, 0.3) is 5.57 Å². The summed E-state index contributed by atoms with van der Waals surface area (Å²) in [6, 6.07) is 5.39. The molecule has 3 atom stereocenters. The molecule has 6 nitrogen and oxygen atoms in total. The minimum atomic E-state index is -0.978.